The minimum atomic E-state index is 0.274. The van der Waals surface area contributed by atoms with Crippen molar-refractivity contribution in [1.82, 2.24) is 20.3 Å². The maximum atomic E-state index is 4.42. The molecule has 0 spiro atoms. The van der Waals surface area contributed by atoms with Crippen LogP contribution in [-0.2, 0) is 0 Å². The van der Waals surface area contributed by atoms with Crippen molar-refractivity contribution in [3.05, 3.63) is 42.6 Å². The fourth-order valence-corrected chi connectivity index (χ4v) is 2.76. The van der Waals surface area contributed by atoms with Crippen LogP contribution >= 0.6 is 0 Å². The second-order valence-electron chi connectivity index (χ2n) is 5.31. The number of nitrogens with one attached hydrogen (secondary N) is 2. The zero-order valence-corrected chi connectivity index (χ0v) is 11.8. The quantitative estimate of drug-likeness (QED) is 0.894. The van der Waals surface area contributed by atoms with Crippen molar-refractivity contribution in [2.75, 3.05) is 18.0 Å². The lowest BCUT2D eigenvalue weighted by Gasteiger charge is -2.34. The molecule has 0 aliphatic carbocycles. The van der Waals surface area contributed by atoms with Crippen LogP contribution in [0.5, 0.6) is 0 Å². The molecule has 0 radical (unpaired) electrons. The van der Waals surface area contributed by atoms with E-state index in [2.05, 4.69) is 38.2 Å². The first-order chi connectivity index (χ1) is 9.83. The standard InChI is InChI=1S/C15H21N5/c1-12(15-17-8-9-18-15)19-13-5-10-20(11-6-13)14-4-2-3-7-16-14/h2-4,7-9,12-13,19H,5-6,10-11H2,1H3,(H,17,18). The summed E-state index contributed by atoms with van der Waals surface area (Å²) < 4.78 is 0. The molecule has 0 amide bonds. The van der Waals surface area contributed by atoms with E-state index >= 15 is 0 Å². The molecule has 2 N–H and O–H groups in total. The minimum Gasteiger partial charge on any atom is -0.357 e. The summed E-state index contributed by atoms with van der Waals surface area (Å²) in [6.07, 6.45) is 7.82. The number of pyridine rings is 1. The monoisotopic (exact) mass is 271 g/mol. The molecule has 20 heavy (non-hydrogen) atoms. The SMILES string of the molecule is CC(NC1CCN(c2ccccn2)CC1)c1ncc[nH]1. The third kappa shape index (κ3) is 2.99. The van der Waals surface area contributed by atoms with Crippen LogP contribution < -0.4 is 10.2 Å². The number of nitrogens with zero attached hydrogens (tertiary/aromatic N) is 3. The summed E-state index contributed by atoms with van der Waals surface area (Å²) in [6, 6.07) is 6.92. The van der Waals surface area contributed by atoms with E-state index in [0.29, 0.717) is 6.04 Å². The number of aromatic nitrogens is 3. The molecule has 2 aromatic heterocycles. The molecule has 0 saturated carbocycles. The van der Waals surface area contributed by atoms with Gasteiger partial charge in [-0.2, -0.15) is 0 Å². The lowest BCUT2D eigenvalue weighted by atomic mass is 10.0. The van der Waals surface area contributed by atoms with Gasteiger partial charge in [-0.1, -0.05) is 6.07 Å². The van der Waals surface area contributed by atoms with Crippen molar-refractivity contribution in [2.24, 2.45) is 0 Å². The Balaban J connectivity index is 1.51. The molecule has 1 aliphatic heterocycles. The van der Waals surface area contributed by atoms with Gasteiger partial charge in [0.1, 0.15) is 11.6 Å². The molecule has 1 aliphatic rings. The van der Waals surface area contributed by atoms with E-state index in [-0.39, 0.29) is 6.04 Å². The van der Waals surface area contributed by atoms with Gasteiger partial charge in [0.25, 0.3) is 0 Å². The molecule has 106 valence electrons. The Labute approximate surface area is 119 Å². The molecule has 2 aromatic rings. The van der Waals surface area contributed by atoms with Crippen LogP contribution in [0.1, 0.15) is 31.6 Å². The number of aromatic amines is 1. The molecule has 5 heteroatoms. The maximum Gasteiger partial charge on any atom is 0.128 e. The van der Waals surface area contributed by atoms with Crippen molar-refractivity contribution >= 4 is 5.82 Å². The molecule has 1 fully saturated rings. The Kier molecular flexibility index (Phi) is 3.97. The van der Waals surface area contributed by atoms with Crippen LogP contribution in [0.15, 0.2) is 36.8 Å². The van der Waals surface area contributed by atoms with Crippen LogP contribution in [0.2, 0.25) is 0 Å². The minimum absolute atomic E-state index is 0.274. The zero-order valence-electron chi connectivity index (χ0n) is 11.8. The van der Waals surface area contributed by atoms with Crippen molar-refractivity contribution in [3.8, 4) is 0 Å². The zero-order chi connectivity index (χ0) is 13.8. The average Bonchev–Trinajstić information content (AvgIpc) is 3.03. The van der Waals surface area contributed by atoms with Crippen LogP contribution in [0.3, 0.4) is 0 Å². The third-order valence-corrected chi connectivity index (χ3v) is 3.88. The van der Waals surface area contributed by atoms with E-state index in [1.165, 1.54) is 0 Å². The summed E-state index contributed by atoms with van der Waals surface area (Å²) in [5, 5.41) is 3.65. The number of anilines is 1. The van der Waals surface area contributed by atoms with Gasteiger partial charge in [-0.25, -0.2) is 9.97 Å². The highest BCUT2D eigenvalue weighted by molar-refractivity contribution is 5.38. The van der Waals surface area contributed by atoms with E-state index in [4.69, 9.17) is 0 Å². The summed E-state index contributed by atoms with van der Waals surface area (Å²) >= 11 is 0. The number of H-pyrrole nitrogens is 1. The maximum absolute atomic E-state index is 4.42. The molecule has 0 bridgehead atoms. The van der Waals surface area contributed by atoms with Gasteiger partial charge in [-0.15, -0.1) is 0 Å². The third-order valence-electron chi connectivity index (χ3n) is 3.88. The van der Waals surface area contributed by atoms with Crippen molar-refractivity contribution in [2.45, 2.75) is 31.8 Å². The first kappa shape index (κ1) is 13.1. The van der Waals surface area contributed by atoms with Gasteiger partial charge in [-0.05, 0) is 31.9 Å². The second kappa shape index (κ2) is 6.05. The first-order valence-corrected chi connectivity index (χ1v) is 7.24. The molecule has 1 unspecified atom stereocenters. The van der Waals surface area contributed by atoms with E-state index in [1.54, 1.807) is 6.20 Å². The van der Waals surface area contributed by atoms with E-state index in [0.717, 1.165) is 37.6 Å². The number of hydrogen-bond donors (Lipinski definition) is 2. The van der Waals surface area contributed by atoms with Crippen LogP contribution in [0, 0.1) is 0 Å². The fourth-order valence-electron chi connectivity index (χ4n) is 2.76. The van der Waals surface area contributed by atoms with Crippen molar-refractivity contribution in [3.63, 3.8) is 0 Å². The van der Waals surface area contributed by atoms with E-state index < -0.39 is 0 Å². The van der Waals surface area contributed by atoms with Crippen LogP contribution in [0.25, 0.3) is 0 Å². The Morgan fingerprint density at radius 2 is 2.10 bits per heavy atom. The second-order valence-corrected chi connectivity index (χ2v) is 5.31. The normalized spacial score (nSPS) is 18.1. The molecule has 3 heterocycles. The van der Waals surface area contributed by atoms with Gasteiger partial charge < -0.3 is 15.2 Å². The van der Waals surface area contributed by atoms with Crippen LogP contribution in [0.4, 0.5) is 5.82 Å². The summed E-state index contributed by atoms with van der Waals surface area (Å²) in [7, 11) is 0. The molecule has 1 saturated heterocycles. The molecular weight excluding hydrogens is 250 g/mol. The number of piperidine rings is 1. The number of imidazole rings is 1. The lowest BCUT2D eigenvalue weighted by molar-refractivity contribution is 0.374. The first-order valence-electron chi connectivity index (χ1n) is 7.24. The largest absolute Gasteiger partial charge is 0.357 e. The van der Waals surface area contributed by atoms with Gasteiger partial charge in [0, 0.05) is 37.7 Å². The van der Waals surface area contributed by atoms with E-state index in [1.807, 2.05) is 24.5 Å². The van der Waals surface area contributed by atoms with Crippen LogP contribution in [-0.4, -0.2) is 34.1 Å². The Morgan fingerprint density at radius 3 is 2.75 bits per heavy atom. The lowest BCUT2D eigenvalue weighted by Crippen LogP contribution is -2.43. The highest BCUT2D eigenvalue weighted by atomic mass is 15.2. The average molecular weight is 271 g/mol. The van der Waals surface area contributed by atoms with Gasteiger partial charge in [-0.3, -0.25) is 0 Å². The van der Waals surface area contributed by atoms with Gasteiger partial charge in [0.2, 0.25) is 0 Å². The summed E-state index contributed by atoms with van der Waals surface area (Å²) in [5.41, 5.74) is 0. The van der Waals surface area contributed by atoms with Crippen molar-refractivity contribution in [1.29, 1.82) is 0 Å². The summed E-state index contributed by atoms with van der Waals surface area (Å²) in [5.74, 6) is 2.10. The summed E-state index contributed by atoms with van der Waals surface area (Å²) in [4.78, 5) is 14.2. The Bertz CT molecular complexity index is 502. The summed E-state index contributed by atoms with van der Waals surface area (Å²) in [6.45, 7) is 4.27. The van der Waals surface area contributed by atoms with Crippen molar-refractivity contribution < 1.29 is 0 Å². The topological polar surface area (TPSA) is 56.8 Å². The Hall–Kier alpha value is -1.88. The number of rotatable bonds is 4. The Morgan fingerprint density at radius 1 is 1.25 bits per heavy atom. The van der Waals surface area contributed by atoms with Gasteiger partial charge in [0.15, 0.2) is 0 Å². The highest BCUT2D eigenvalue weighted by Crippen LogP contribution is 2.19. The molecular formula is C15H21N5. The molecule has 3 rings (SSSR count). The molecule has 5 nitrogen and oxygen atoms in total. The highest BCUT2D eigenvalue weighted by Gasteiger charge is 2.21. The number of hydrogen-bond acceptors (Lipinski definition) is 4. The predicted octanol–water partition coefficient (Wildman–Crippen LogP) is 2.12. The van der Waals surface area contributed by atoms with Gasteiger partial charge in [0.05, 0.1) is 6.04 Å². The molecule has 0 aromatic carbocycles. The van der Waals surface area contributed by atoms with Gasteiger partial charge >= 0.3 is 0 Å². The fraction of sp³-hybridized carbons (Fsp3) is 0.467. The molecule has 1 atom stereocenters. The smallest absolute Gasteiger partial charge is 0.128 e. The van der Waals surface area contributed by atoms with E-state index in [9.17, 15) is 0 Å². The predicted molar refractivity (Wildman–Crippen MR) is 79.6 cm³/mol.